The average molecular weight is 405 g/mol. The van der Waals surface area contributed by atoms with Crippen molar-refractivity contribution in [1.82, 2.24) is 4.90 Å². The number of thiophene rings is 2. The van der Waals surface area contributed by atoms with Gasteiger partial charge in [0.25, 0.3) is 0 Å². The second-order valence-electron chi connectivity index (χ2n) is 7.29. The van der Waals surface area contributed by atoms with Crippen molar-refractivity contribution in [2.45, 2.75) is 55.8 Å². The Balaban J connectivity index is 1.38. The molecule has 8 heteroatoms. The van der Waals surface area contributed by atoms with Gasteiger partial charge in [0.05, 0.1) is 21.8 Å². The Kier molecular flexibility index (Phi) is 3.94. The molecule has 142 valence electrons. The summed E-state index contributed by atoms with van der Waals surface area (Å²) < 4.78 is 11.5. The van der Waals surface area contributed by atoms with E-state index in [0.717, 1.165) is 0 Å². The Morgan fingerprint density at radius 3 is 2.15 bits per heavy atom. The molecule has 5 rings (SSSR count). The molecule has 5 heterocycles. The molecule has 0 aromatic carbocycles. The fraction of sp³-hybridized carbons (Fsp3) is 0.474. The van der Waals surface area contributed by atoms with Crippen LogP contribution in [0, 0.1) is 0 Å². The lowest BCUT2D eigenvalue weighted by Crippen LogP contribution is -2.53. The number of carbonyl (C=O) groups is 2. The molecule has 0 unspecified atom stereocenters. The molecule has 3 saturated heterocycles. The van der Waals surface area contributed by atoms with Crippen molar-refractivity contribution in [3.8, 4) is 0 Å². The van der Waals surface area contributed by atoms with E-state index in [9.17, 15) is 14.7 Å². The van der Waals surface area contributed by atoms with Crippen LogP contribution >= 0.6 is 22.7 Å². The molecule has 2 aromatic heterocycles. The van der Waals surface area contributed by atoms with Crippen LogP contribution in [0.15, 0.2) is 35.0 Å². The van der Waals surface area contributed by atoms with Crippen molar-refractivity contribution in [2.75, 3.05) is 0 Å². The van der Waals surface area contributed by atoms with Gasteiger partial charge in [-0.3, -0.25) is 4.79 Å². The molecular weight excluding hydrogens is 386 g/mol. The largest absolute Gasteiger partial charge is 0.460 e. The second kappa shape index (κ2) is 6.13. The normalized spacial score (nSPS) is 31.5. The number of epoxide rings is 1. The van der Waals surface area contributed by atoms with Gasteiger partial charge in [-0.05, 0) is 22.9 Å². The molecule has 27 heavy (non-hydrogen) atoms. The second-order valence-corrected chi connectivity index (χ2v) is 9.19. The summed E-state index contributed by atoms with van der Waals surface area (Å²) in [6, 6.07) is 7.03. The standard InChI is InChI=1S/C19H19NO5S2/c1-10(21)20-12-8-11(9-13(20)17-16(12)25-17)24-18(22)19(23,14-4-2-6-26-14)15-5-3-7-27-15/h2-7,11-13,16-17,23H,8-9H2,1H3/t11-,12-,13+,16-,17+. The summed E-state index contributed by atoms with van der Waals surface area (Å²) in [5.41, 5.74) is -1.79. The number of ether oxygens (including phenoxy) is 2. The van der Waals surface area contributed by atoms with Crippen molar-refractivity contribution in [3.05, 3.63) is 44.8 Å². The smallest absolute Gasteiger partial charge is 0.349 e. The number of piperidine rings is 1. The summed E-state index contributed by atoms with van der Waals surface area (Å²) in [4.78, 5) is 28.0. The highest BCUT2D eigenvalue weighted by Gasteiger charge is 2.65. The van der Waals surface area contributed by atoms with Crippen molar-refractivity contribution in [2.24, 2.45) is 0 Å². The maximum atomic E-state index is 13.1. The zero-order chi connectivity index (χ0) is 18.8. The van der Waals surface area contributed by atoms with Gasteiger partial charge in [0.15, 0.2) is 0 Å². The summed E-state index contributed by atoms with van der Waals surface area (Å²) in [7, 11) is 0. The lowest BCUT2D eigenvalue weighted by atomic mass is 9.96. The molecule has 0 aliphatic carbocycles. The van der Waals surface area contributed by atoms with Gasteiger partial charge in [0.2, 0.25) is 11.5 Å². The van der Waals surface area contributed by atoms with E-state index >= 15 is 0 Å². The molecule has 0 radical (unpaired) electrons. The van der Waals surface area contributed by atoms with E-state index in [4.69, 9.17) is 9.47 Å². The first-order valence-electron chi connectivity index (χ1n) is 8.96. The molecule has 3 fully saturated rings. The fourth-order valence-electron chi connectivity index (χ4n) is 4.54. The number of esters is 1. The van der Waals surface area contributed by atoms with Crippen LogP contribution in [0.3, 0.4) is 0 Å². The lowest BCUT2D eigenvalue weighted by molar-refractivity contribution is -0.172. The molecule has 2 bridgehead atoms. The summed E-state index contributed by atoms with van der Waals surface area (Å²) in [5.74, 6) is -0.609. The number of morpholine rings is 1. The fourth-order valence-corrected chi connectivity index (χ4v) is 6.25. The molecule has 3 aliphatic rings. The van der Waals surface area contributed by atoms with Crippen LogP contribution in [0.4, 0.5) is 0 Å². The summed E-state index contributed by atoms with van der Waals surface area (Å²) in [6.07, 6.45) is 0.903. The number of hydrogen-bond acceptors (Lipinski definition) is 7. The molecule has 6 nitrogen and oxygen atoms in total. The highest BCUT2D eigenvalue weighted by atomic mass is 32.1. The van der Waals surface area contributed by atoms with E-state index < -0.39 is 11.6 Å². The third-order valence-electron chi connectivity index (χ3n) is 5.73. The van der Waals surface area contributed by atoms with Gasteiger partial charge >= 0.3 is 5.97 Å². The van der Waals surface area contributed by atoms with E-state index in [2.05, 4.69) is 0 Å². The van der Waals surface area contributed by atoms with Gasteiger partial charge in [-0.15, -0.1) is 22.7 Å². The number of aliphatic hydroxyl groups is 1. The van der Waals surface area contributed by atoms with Gasteiger partial charge in [-0.25, -0.2) is 4.79 Å². The molecule has 2 aromatic rings. The number of nitrogens with zero attached hydrogens (tertiary/aromatic N) is 1. The Labute approximate surface area is 164 Å². The van der Waals surface area contributed by atoms with Crippen molar-refractivity contribution < 1.29 is 24.2 Å². The molecule has 0 spiro atoms. The van der Waals surface area contributed by atoms with Crippen molar-refractivity contribution in [1.29, 1.82) is 0 Å². The average Bonchev–Trinajstić information content (AvgIpc) is 3.04. The number of fused-ring (bicyclic) bond motifs is 5. The van der Waals surface area contributed by atoms with Gasteiger partial charge in [0.1, 0.15) is 18.3 Å². The first-order valence-corrected chi connectivity index (χ1v) is 10.7. The SMILES string of the molecule is CC(=O)N1[C@@H]2C[C@@H](OC(=O)C(O)(c3cccs3)c3cccs3)C[C@H]1[C@@H]1O[C@@H]12. The van der Waals surface area contributed by atoms with E-state index in [0.29, 0.717) is 22.6 Å². The van der Waals surface area contributed by atoms with Gasteiger partial charge in [-0.1, -0.05) is 12.1 Å². The van der Waals surface area contributed by atoms with Gasteiger partial charge in [0, 0.05) is 19.8 Å². The van der Waals surface area contributed by atoms with E-state index in [1.54, 1.807) is 19.1 Å². The number of hydrogen-bond donors (Lipinski definition) is 1. The Morgan fingerprint density at radius 2 is 1.70 bits per heavy atom. The minimum Gasteiger partial charge on any atom is -0.460 e. The van der Waals surface area contributed by atoms with Crippen LogP contribution in [0.25, 0.3) is 0 Å². The molecule has 3 aliphatic heterocycles. The van der Waals surface area contributed by atoms with Gasteiger partial charge < -0.3 is 19.5 Å². The molecular formula is C19H19NO5S2. The molecule has 1 N–H and O–H groups in total. The Bertz CT molecular complexity index is 813. The van der Waals surface area contributed by atoms with Gasteiger partial charge in [-0.2, -0.15) is 0 Å². The highest BCUT2D eigenvalue weighted by molar-refractivity contribution is 7.12. The Morgan fingerprint density at radius 1 is 1.15 bits per heavy atom. The van der Waals surface area contributed by atoms with Crippen LogP contribution in [0.1, 0.15) is 29.5 Å². The van der Waals surface area contributed by atoms with Crippen LogP contribution in [0.2, 0.25) is 0 Å². The maximum absolute atomic E-state index is 13.1. The first kappa shape index (κ1) is 17.4. The van der Waals surface area contributed by atoms with Crippen LogP contribution in [0.5, 0.6) is 0 Å². The van der Waals surface area contributed by atoms with Crippen LogP contribution < -0.4 is 0 Å². The number of rotatable bonds is 4. The quantitative estimate of drug-likeness (QED) is 0.623. The predicted octanol–water partition coefficient (Wildman–Crippen LogP) is 2.12. The van der Waals surface area contributed by atoms with Crippen molar-refractivity contribution >= 4 is 34.6 Å². The first-order chi connectivity index (χ1) is 13.0. The maximum Gasteiger partial charge on any atom is 0.349 e. The summed E-state index contributed by atoms with van der Waals surface area (Å²) >= 11 is 2.65. The van der Waals surface area contributed by atoms with E-state index in [1.165, 1.54) is 22.7 Å². The third kappa shape index (κ3) is 2.58. The van der Waals surface area contributed by atoms with Crippen LogP contribution in [-0.2, 0) is 24.7 Å². The minimum atomic E-state index is -1.79. The predicted molar refractivity (Wildman–Crippen MR) is 99.5 cm³/mol. The highest BCUT2D eigenvalue weighted by Crippen LogP contribution is 2.49. The third-order valence-corrected chi connectivity index (χ3v) is 7.69. The topological polar surface area (TPSA) is 79.4 Å². The van der Waals surface area contributed by atoms with Crippen molar-refractivity contribution in [3.63, 3.8) is 0 Å². The van der Waals surface area contributed by atoms with E-state index in [-0.39, 0.29) is 36.3 Å². The zero-order valence-electron chi connectivity index (χ0n) is 14.6. The van der Waals surface area contributed by atoms with Crippen LogP contribution in [-0.4, -0.2) is 52.3 Å². The summed E-state index contributed by atoms with van der Waals surface area (Å²) in [6.45, 7) is 1.57. The number of carbonyl (C=O) groups excluding carboxylic acids is 2. The molecule has 5 atom stereocenters. The monoisotopic (exact) mass is 405 g/mol. The number of amides is 1. The minimum absolute atomic E-state index is 0.0410. The lowest BCUT2D eigenvalue weighted by Gasteiger charge is -2.40. The molecule has 0 saturated carbocycles. The zero-order valence-corrected chi connectivity index (χ0v) is 16.2. The Hall–Kier alpha value is -1.74. The summed E-state index contributed by atoms with van der Waals surface area (Å²) in [5, 5.41) is 15.0. The molecule has 1 amide bonds. The van der Waals surface area contributed by atoms with E-state index in [1.807, 2.05) is 27.8 Å².